The maximum Gasteiger partial charge on any atom is 0.0898 e. The monoisotopic (exact) mass is 234 g/mol. The van der Waals surface area contributed by atoms with E-state index in [4.69, 9.17) is 4.74 Å². The van der Waals surface area contributed by atoms with E-state index in [0.29, 0.717) is 5.66 Å². The molecule has 3 nitrogen and oxygen atoms in total. The van der Waals surface area contributed by atoms with Crippen molar-refractivity contribution in [3.63, 3.8) is 0 Å². The molecule has 0 saturated carbocycles. The zero-order valence-corrected chi connectivity index (χ0v) is 11.1. The van der Waals surface area contributed by atoms with Crippen LogP contribution < -0.4 is 0 Å². The van der Waals surface area contributed by atoms with Gasteiger partial charge in [0, 0.05) is 0 Å². The predicted molar refractivity (Wildman–Crippen MR) is 63.9 cm³/mol. The number of hydrogen-bond acceptors (Lipinski definition) is 3. The Balaban J connectivity index is 2.82. The molecule has 0 aromatic carbocycles. The fourth-order valence-corrected chi connectivity index (χ4v) is 3.81. The quantitative estimate of drug-likeness (QED) is 0.726. The normalized spacial score (nSPS) is 42.2. The topological polar surface area (TPSA) is 49.7 Å². The van der Waals surface area contributed by atoms with Crippen molar-refractivity contribution in [1.82, 2.24) is 0 Å². The van der Waals surface area contributed by atoms with E-state index in [2.05, 4.69) is 13.3 Å². The third-order valence-corrected chi connectivity index (χ3v) is 5.05. The molecule has 0 radical (unpaired) electrons. The van der Waals surface area contributed by atoms with Crippen molar-refractivity contribution in [1.29, 1.82) is 0 Å². The van der Waals surface area contributed by atoms with Gasteiger partial charge in [-0.05, 0) is 45.7 Å². The van der Waals surface area contributed by atoms with Crippen molar-refractivity contribution in [3.05, 3.63) is 0 Å². The Hall–Kier alpha value is 0.310. The first-order chi connectivity index (χ1) is 6.84. The second-order valence-electron chi connectivity index (χ2n) is 5.34. The van der Waals surface area contributed by atoms with E-state index in [1.165, 1.54) is 0 Å². The van der Waals surface area contributed by atoms with Gasteiger partial charge in [0.15, 0.2) is 0 Å². The fourth-order valence-electron chi connectivity index (χ4n) is 2.31. The molecular weight excluding hydrogens is 211 g/mol. The Morgan fingerprint density at radius 1 is 1.13 bits per heavy atom. The second-order valence-corrected chi connectivity index (χ2v) is 8.00. The summed E-state index contributed by atoms with van der Waals surface area (Å²) in [5, 5.41) is 18.8. The van der Waals surface area contributed by atoms with Crippen LogP contribution in [0.3, 0.4) is 0 Å². The Morgan fingerprint density at radius 3 is 1.80 bits per heavy atom. The van der Waals surface area contributed by atoms with Crippen LogP contribution in [0.1, 0.15) is 26.7 Å². The van der Waals surface area contributed by atoms with Crippen LogP contribution >= 0.6 is 7.92 Å². The lowest BCUT2D eigenvalue weighted by atomic mass is 9.87. The van der Waals surface area contributed by atoms with Crippen LogP contribution in [0, 0.1) is 0 Å². The van der Waals surface area contributed by atoms with Gasteiger partial charge in [-0.15, -0.1) is 7.92 Å². The molecule has 1 rings (SSSR count). The van der Waals surface area contributed by atoms with E-state index >= 15 is 0 Å². The van der Waals surface area contributed by atoms with Crippen LogP contribution in [-0.4, -0.2) is 53.6 Å². The van der Waals surface area contributed by atoms with Crippen LogP contribution in [0.25, 0.3) is 0 Å². The van der Waals surface area contributed by atoms with E-state index in [0.717, 1.165) is 12.8 Å². The third-order valence-electron chi connectivity index (χ3n) is 3.23. The summed E-state index contributed by atoms with van der Waals surface area (Å²) in [5.41, 5.74) is -0.386. The lowest BCUT2D eigenvalue weighted by molar-refractivity contribution is -0.201. The number of aliphatic hydroxyl groups excluding tert-OH is 2. The molecule has 0 aromatic heterocycles. The first-order valence-corrected chi connectivity index (χ1v) is 7.73. The van der Waals surface area contributed by atoms with Gasteiger partial charge in [-0.2, -0.15) is 0 Å². The van der Waals surface area contributed by atoms with Crippen molar-refractivity contribution in [2.75, 3.05) is 26.5 Å². The smallest absolute Gasteiger partial charge is 0.0898 e. The molecule has 0 aromatic rings. The van der Waals surface area contributed by atoms with Crippen LogP contribution in [0.4, 0.5) is 0 Å². The van der Waals surface area contributed by atoms with Gasteiger partial charge in [-0.1, -0.05) is 0 Å². The average molecular weight is 234 g/mol. The summed E-state index contributed by atoms with van der Waals surface area (Å²) in [6, 6.07) is 0. The Bertz CT molecular complexity index is 204. The molecule has 0 bridgehead atoms. The maximum absolute atomic E-state index is 9.38. The van der Waals surface area contributed by atoms with E-state index < -0.39 is 11.2 Å². The number of rotatable bonds is 3. The molecule has 3 atom stereocenters. The van der Waals surface area contributed by atoms with Crippen LogP contribution in [-0.2, 0) is 4.74 Å². The van der Waals surface area contributed by atoms with Crippen molar-refractivity contribution in [2.45, 2.75) is 43.6 Å². The SMILES string of the molecule is CP(C)C1C[C@](C)(CO)O[C@](C)(CO)C1. The van der Waals surface area contributed by atoms with Gasteiger partial charge in [-0.25, -0.2) is 0 Å². The van der Waals surface area contributed by atoms with E-state index in [9.17, 15) is 10.2 Å². The molecule has 0 spiro atoms. The van der Waals surface area contributed by atoms with Crippen molar-refractivity contribution >= 4 is 7.92 Å². The Kier molecular flexibility index (Phi) is 4.16. The van der Waals surface area contributed by atoms with Gasteiger partial charge in [0.25, 0.3) is 0 Å². The highest BCUT2D eigenvalue weighted by atomic mass is 31.1. The molecular formula is C11H23O3P. The molecule has 1 aliphatic rings. The first kappa shape index (κ1) is 13.4. The van der Waals surface area contributed by atoms with Gasteiger partial charge < -0.3 is 14.9 Å². The van der Waals surface area contributed by atoms with Crippen LogP contribution in [0.15, 0.2) is 0 Å². The summed E-state index contributed by atoms with van der Waals surface area (Å²) in [7, 11) is -0.0492. The number of hydrogen-bond donors (Lipinski definition) is 2. The largest absolute Gasteiger partial charge is 0.393 e. The summed E-state index contributed by atoms with van der Waals surface area (Å²) in [4.78, 5) is 0. The summed E-state index contributed by atoms with van der Waals surface area (Å²) in [6.45, 7) is 8.43. The lowest BCUT2D eigenvalue weighted by Gasteiger charge is -2.48. The predicted octanol–water partition coefficient (Wildman–Crippen LogP) is 1.41. The molecule has 2 N–H and O–H groups in total. The van der Waals surface area contributed by atoms with Crippen LogP contribution in [0.2, 0.25) is 0 Å². The van der Waals surface area contributed by atoms with Gasteiger partial charge >= 0.3 is 0 Å². The molecule has 1 saturated heterocycles. The Labute approximate surface area is 93.6 Å². The standard InChI is InChI=1S/C11H23O3P/c1-10(7-12)5-9(15(3)4)6-11(2,8-13)14-10/h9,12-13H,5-8H2,1-4H3/t9?,10-,11+. The molecule has 1 aliphatic heterocycles. The van der Waals surface area contributed by atoms with Gasteiger partial charge in [0.05, 0.1) is 24.4 Å². The van der Waals surface area contributed by atoms with E-state index in [-0.39, 0.29) is 21.1 Å². The summed E-state index contributed by atoms with van der Waals surface area (Å²) in [5.74, 6) is 0. The summed E-state index contributed by atoms with van der Waals surface area (Å²) in [6.07, 6.45) is 1.80. The zero-order valence-electron chi connectivity index (χ0n) is 10.2. The van der Waals surface area contributed by atoms with Gasteiger partial charge in [-0.3, -0.25) is 0 Å². The maximum atomic E-state index is 9.38. The number of aliphatic hydroxyl groups is 2. The lowest BCUT2D eigenvalue weighted by Crippen LogP contribution is -2.53. The Morgan fingerprint density at radius 2 is 1.53 bits per heavy atom. The highest BCUT2D eigenvalue weighted by Gasteiger charge is 2.44. The minimum absolute atomic E-state index is 0.0300. The minimum atomic E-state index is -0.479. The number of ether oxygens (including phenoxy) is 1. The van der Waals surface area contributed by atoms with Crippen LogP contribution in [0.5, 0.6) is 0 Å². The highest BCUT2D eigenvalue weighted by Crippen LogP contribution is 2.47. The molecule has 0 aliphatic carbocycles. The first-order valence-electron chi connectivity index (χ1n) is 5.42. The zero-order chi connectivity index (χ0) is 11.7. The summed E-state index contributed by atoms with van der Waals surface area (Å²) < 4.78 is 5.85. The molecule has 90 valence electrons. The molecule has 4 heteroatoms. The molecule has 1 unspecified atom stereocenters. The fraction of sp³-hybridized carbons (Fsp3) is 1.00. The second kappa shape index (κ2) is 4.67. The third kappa shape index (κ3) is 3.13. The van der Waals surface area contributed by atoms with Gasteiger partial charge in [0.2, 0.25) is 0 Å². The van der Waals surface area contributed by atoms with E-state index in [1.54, 1.807) is 0 Å². The van der Waals surface area contributed by atoms with Gasteiger partial charge in [0.1, 0.15) is 0 Å². The molecule has 1 heterocycles. The summed E-state index contributed by atoms with van der Waals surface area (Å²) >= 11 is 0. The molecule has 1 fully saturated rings. The average Bonchev–Trinajstić information content (AvgIpc) is 2.17. The highest BCUT2D eigenvalue weighted by molar-refractivity contribution is 7.56. The van der Waals surface area contributed by atoms with E-state index in [1.807, 2.05) is 13.8 Å². The van der Waals surface area contributed by atoms with Crippen molar-refractivity contribution < 1.29 is 14.9 Å². The molecule has 15 heavy (non-hydrogen) atoms. The van der Waals surface area contributed by atoms with Crippen molar-refractivity contribution in [2.24, 2.45) is 0 Å². The minimum Gasteiger partial charge on any atom is -0.393 e. The van der Waals surface area contributed by atoms with Crippen molar-refractivity contribution in [3.8, 4) is 0 Å². The molecule has 0 amide bonds.